The molecule has 0 bridgehead atoms. The molecule has 0 spiro atoms. The van der Waals surface area contributed by atoms with E-state index in [9.17, 15) is 4.79 Å². The van der Waals surface area contributed by atoms with Crippen LogP contribution in [0.3, 0.4) is 0 Å². The minimum atomic E-state index is 0.0913. The lowest BCUT2D eigenvalue weighted by Crippen LogP contribution is -2.26. The van der Waals surface area contributed by atoms with Crippen molar-refractivity contribution in [2.75, 3.05) is 13.1 Å². The van der Waals surface area contributed by atoms with Crippen LogP contribution in [-0.2, 0) is 17.6 Å². The smallest absolute Gasteiger partial charge is 0.224 e. The molecule has 3 heteroatoms. The number of carbonyl (C=O) groups is 1. The van der Waals surface area contributed by atoms with E-state index >= 15 is 0 Å². The van der Waals surface area contributed by atoms with Gasteiger partial charge in [0, 0.05) is 6.54 Å². The molecular formula is C16H26N2O. The summed E-state index contributed by atoms with van der Waals surface area (Å²) in [6.07, 6.45) is 3.47. The summed E-state index contributed by atoms with van der Waals surface area (Å²) in [5.41, 5.74) is 7.81. The summed E-state index contributed by atoms with van der Waals surface area (Å²) in [7, 11) is 0. The van der Waals surface area contributed by atoms with Gasteiger partial charge in [-0.25, -0.2) is 0 Å². The number of nitrogens with one attached hydrogen (secondary N) is 1. The fraction of sp³-hybridized carbons (Fsp3) is 0.562. The first-order chi connectivity index (χ1) is 9.11. The molecule has 0 heterocycles. The molecule has 1 aromatic carbocycles. The Hall–Kier alpha value is -1.35. The Bertz CT molecular complexity index is 371. The molecule has 1 amide bonds. The summed E-state index contributed by atoms with van der Waals surface area (Å²) in [5, 5.41) is 2.92. The third-order valence-electron chi connectivity index (χ3n) is 2.98. The molecular weight excluding hydrogens is 236 g/mol. The molecule has 0 aliphatic rings. The minimum Gasteiger partial charge on any atom is -0.356 e. The lowest BCUT2D eigenvalue weighted by atomic mass is 10.0. The van der Waals surface area contributed by atoms with Crippen molar-refractivity contribution in [2.24, 2.45) is 11.7 Å². The van der Waals surface area contributed by atoms with Crippen molar-refractivity contribution < 1.29 is 4.79 Å². The van der Waals surface area contributed by atoms with Crippen molar-refractivity contribution in [3.05, 3.63) is 35.4 Å². The van der Waals surface area contributed by atoms with Crippen LogP contribution in [-0.4, -0.2) is 19.0 Å². The Morgan fingerprint density at radius 1 is 1.16 bits per heavy atom. The first kappa shape index (κ1) is 15.7. The number of nitrogens with two attached hydrogens (primary N) is 1. The van der Waals surface area contributed by atoms with E-state index in [1.165, 1.54) is 5.56 Å². The van der Waals surface area contributed by atoms with Crippen LogP contribution in [0.25, 0.3) is 0 Å². The minimum absolute atomic E-state index is 0.0913. The predicted octanol–water partition coefficient (Wildman–Crippen LogP) is 2.28. The van der Waals surface area contributed by atoms with E-state index in [2.05, 4.69) is 43.4 Å². The molecule has 106 valence electrons. The van der Waals surface area contributed by atoms with Crippen LogP contribution >= 0.6 is 0 Å². The number of hydrogen-bond acceptors (Lipinski definition) is 2. The Morgan fingerprint density at radius 3 is 2.37 bits per heavy atom. The van der Waals surface area contributed by atoms with Crippen molar-refractivity contribution >= 4 is 5.91 Å². The molecule has 0 unspecified atom stereocenters. The van der Waals surface area contributed by atoms with Gasteiger partial charge in [0.2, 0.25) is 5.91 Å². The lowest BCUT2D eigenvalue weighted by Gasteiger charge is -2.07. The molecule has 0 saturated heterocycles. The van der Waals surface area contributed by atoms with Gasteiger partial charge in [-0.05, 0) is 42.9 Å². The number of benzene rings is 1. The zero-order valence-electron chi connectivity index (χ0n) is 12.1. The number of amides is 1. The molecule has 1 aromatic rings. The zero-order chi connectivity index (χ0) is 14.1. The average molecular weight is 262 g/mol. The van der Waals surface area contributed by atoms with E-state index < -0.39 is 0 Å². The summed E-state index contributed by atoms with van der Waals surface area (Å²) in [4.78, 5) is 11.7. The highest BCUT2D eigenvalue weighted by molar-refractivity contribution is 5.78. The van der Waals surface area contributed by atoms with Crippen LogP contribution in [0.5, 0.6) is 0 Å². The van der Waals surface area contributed by atoms with Gasteiger partial charge in [0.1, 0.15) is 0 Å². The summed E-state index contributed by atoms with van der Waals surface area (Å²) in [6.45, 7) is 5.83. The highest BCUT2D eigenvalue weighted by Crippen LogP contribution is 2.10. The number of carbonyl (C=O) groups excluding carboxylic acids is 1. The highest BCUT2D eigenvalue weighted by atomic mass is 16.1. The third-order valence-corrected chi connectivity index (χ3v) is 2.98. The molecule has 0 aromatic heterocycles. The Kier molecular flexibility index (Phi) is 7.19. The lowest BCUT2D eigenvalue weighted by molar-refractivity contribution is -0.120. The molecule has 0 radical (unpaired) electrons. The van der Waals surface area contributed by atoms with Crippen molar-refractivity contribution in [3.63, 3.8) is 0 Å². The Morgan fingerprint density at radius 2 is 1.79 bits per heavy atom. The van der Waals surface area contributed by atoms with Gasteiger partial charge in [0.25, 0.3) is 0 Å². The van der Waals surface area contributed by atoms with Crippen molar-refractivity contribution in [1.29, 1.82) is 0 Å². The van der Waals surface area contributed by atoms with Gasteiger partial charge >= 0.3 is 0 Å². The van der Waals surface area contributed by atoms with Crippen LogP contribution < -0.4 is 11.1 Å². The quantitative estimate of drug-likeness (QED) is 0.706. The molecule has 0 saturated carbocycles. The average Bonchev–Trinajstić information content (AvgIpc) is 2.36. The van der Waals surface area contributed by atoms with Gasteiger partial charge in [0.15, 0.2) is 0 Å². The van der Waals surface area contributed by atoms with Crippen molar-refractivity contribution in [2.45, 2.75) is 39.5 Å². The molecule has 0 aliphatic heterocycles. The highest BCUT2D eigenvalue weighted by Gasteiger charge is 2.03. The van der Waals surface area contributed by atoms with Gasteiger partial charge in [-0.1, -0.05) is 38.1 Å². The normalized spacial score (nSPS) is 10.7. The van der Waals surface area contributed by atoms with E-state index in [1.54, 1.807) is 0 Å². The van der Waals surface area contributed by atoms with Gasteiger partial charge in [0.05, 0.1) is 6.42 Å². The third kappa shape index (κ3) is 6.97. The fourth-order valence-electron chi connectivity index (χ4n) is 2.01. The SMILES string of the molecule is CC(C)Cc1ccc(CC(=O)NCCCCN)cc1. The summed E-state index contributed by atoms with van der Waals surface area (Å²) < 4.78 is 0. The molecule has 3 N–H and O–H groups in total. The monoisotopic (exact) mass is 262 g/mol. The molecule has 19 heavy (non-hydrogen) atoms. The van der Waals surface area contributed by atoms with Gasteiger partial charge < -0.3 is 11.1 Å². The van der Waals surface area contributed by atoms with Crippen LogP contribution in [0.1, 0.15) is 37.8 Å². The van der Waals surface area contributed by atoms with Crippen molar-refractivity contribution in [3.8, 4) is 0 Å². The van der Waals surface area contributed by atoms with Crippen LogP contribution in [0, 0.1) is 5.92 Å². The number of hydrogen-bond donors (Lipinski definition) is 2. The maximum Gasteiger partial charge on any atom is 0.224 e. The van der Waals surface area contributed by atoms with E-state index in [0.717, 1.165) is 31.4 Å². The summed E-state index contributed by atoms with van der Waals surface area (Å²) in [5.74, 6) is 0.755. The van der Waals surface area contributed by atoms with E-state index in [1.807, 2.05) is 0 Å². The van der Waals surface area contributed by atoms with E-state index in [0.29, 0.717) is 18.9 Å². The van der Waals surface area contributed by atoms with E-state index in [-0.39, 0.29) is 5.91 Å². The molecule has 0 atom stereocenters. The Labute approximate surface area is 116 Å². The summed E-state index contributed by atoms with van der Waals surface area (Å²) in [6, 6.07) is 8.35. The Balaban J connectivity index is 2.34. The summed E-state index contributed by atoms with van der Waals surface area (Å²) >= 11 is 0. The molecule has 0 fully saturated rings. The van der Waals surface area contributed by atoms with Crippen LogP contribution in [0.2, 0.25) is 0 Å². The first-order valence-corrected chi connectivity index (χ1v) is 7.16. The van der Waals surface area contributed by atoms with Gasteiger partial charge in [-0.15, -0.1) is 0 Å². The fourth-order valence-corrected chi connectivity index (χ4v) is 2.01. The van der Waals surface area contributed by atoms with Crippen molar-refractivity contribution in [1.82, 2.24) is 5.32 Å². The standard InChI is InChI=1S/C16H26N2O/c1-13(2)11-14-5-7-15(8-6-14)12-16(19)18-10-4-3-9-17/h5-8,13H,3-4,9-12,17H2,1-2H3,(H,18,19). The second-order valence-electron chi connectivity index (χ2n) is 5.44. The second kappa shape index (κ2) is 8.70. The molecule has 3 nitrogen and oxygen atoms in total. The van der Waals surface area contributed by atoms with Gasteiger partial charge in [-0.2, -0.15) is 0 Å². The maximum absolute atomic E-state index is 11.7. The van der Waals surface area contributed by atoms with E-state index in [4.69, 9.17) is 5.73 Å². The van der Waals surface area contributed by atoms with Crippen LogP contribution in [0.15, 0.2) is 24.3 Å². The maximum atomic E-state index is 11.7. The number of rotatable bonds is 8. The molecule has 0 aliphatic carbocycles. The second-order valence-corrected chi connectivity index (χ2v) is 5.44. The van der Waals surface area contributed by atoms with Crippen LogP contribution in [0.4, 0.5) is 0 Å². The largest absolute Gasteiger partial charge is 0.356 e. The predicted molar refractivity (Wildman–Crippen MR) is 80.0 cm³/mol. The molecule has 1 rings (SSSR count). The number of unbranched alkanes of at least 4 members (excludes halogenated alkanes) is 1. The topological polar surface area (TPSA) is 55.1 Å². The van der Waals surface area contributed by atoms with Gasteiger partial charge in [-0.3, -0.25) is 4.79 Å². The first-order valence-electron chi connectivity index (χ1n) is 7.16. The zero-order valence-corrected chi connectivity index (χ0v) is 12.1.